The van der Waals surface area contributed by atoms with Crippen LogP contribution in [0.15, 0.2) is 33.9 Å². The van der Waals surface area contributed by atoms with Gasteiger partial charge in [-0.15, -0.1) is 0 Å². The van der Waals surface area contributed by atoms with Gasteiger partial charge in [0.15, 0.2) is 5.69 Å². The zero-order valence-corrected chi connectivity index (χ0v) is 23.0. The van der Waals surface area contributed by atoms with Crippen LogP contribution in [0.4, 0.5) is 0 Å². The minimum Gasteiger partial charge on any atom is -0.497 e. The predicted octanol–water partition coefficient (Wildman–Crippen LogP) is 2.64. The van der Waals surface area contributed by atoms with Crippen LogP contribution in [-0.4, -0.2) is 82.9 Å². The van der Waals surface area contributed by atoms with Crippen LogP contribution in [-0.2, 0) is 23.1 Å². The van der Waals surface area contributed by atoms with Crippen molar-refractivity contribution in [2.45, 2.75) is 57.6 Å². The molecule has 1 aliphatic carbocycles. The summed E-state index contributed by atoms with van der Waals surface area (Å²) in [7, 11) is -2.26. The fraction of sp³-hybridized carbons (Fsp3) is 0.500. The number of aryl methyl sites for hydroxylation is 3. The molecule has 0 unspecified atom stereocenters. The first kappa shape index (κ1) is 26.4. The van der Waals surface area contributed by atoms with E-state index in [4.69, 9.17) is 9.15 Å². The van der Waals surface area contributed by atoms with E-state index in [2.05, 4.69) is 20.1 Å². The lowest BCUT2D eigenvalue weighted by Crippen LogP contribution is -2.48. The molecule has 1 aromatic carbocycles. The summed E-state index contributed by atoms with van der Waals surface area (Å²) in [5, 5.41) is 7.05. The molecule has 204 valence electrons. The Kier molecular flexibility index (Phi) is 7.30. The maximum absolute atomic E-state index is 13.7. The van der Waals surface area contributed by atoms with Gasteiger partial charge in [-0.2, -0.15) is 9.40 Å². The van der Waals surface area contributed by atoms with Crippen LogP contribution in [0.25, 0.3) is 0 Å². The molecule has 2 aliphatic rings. The highest BCUT2D eigenvalue weighted by atomic mass is 32.2. The number of benzene rings is 1. The van der Waals surface area contributed by atoms with Gasteiger partial charge in [0.25, 0.3) is 5.91 Å². The van der Waals surface area contributed by atoms with Gasteiger partial charge in [0.05, 0.1) is 24.2 Å². The van der Waals surface area contributed by atoms with Gasteiger partial charge in [-0.1, -0.05) is 0 Å². The minimum atomic E-state index is -3.81. The van der Waals surface area contributed by atoms with E-state index in [0.717, 1.165) is 43.7 Å². The Bertz CT molecular complexity index is 1400. The molecule has 3 aromatic rings. The lowest BCUT2D eigenvalue weighted by molar-refractivity contribution is 0.0622. The van der Waals surface area contributed by atoms with Crippen molar-refractivity contribution in [2.75, 3.05) is 33.3 Å². The highest BCUT2D eigenvalue weighted by Crippen LogP contribution is 2.36. The van der Waals surface area contributed by atoms with E-state index >= 15 is 0 Å². The second kappa shape index (κ2) is 10.5. The summed E-state index contributed by atoms with van der Waals surface area (Å²) >= 11 is 0. The van der Waals surface area contributed by atoms with Crippen LogP contribution >= 0.6 is 0 Å². The van der Waals surface area contributed by atoms with E-state index in [1.807, 2.05) is 13.1 Å². The summed E-state index contributed by atoms with van der Waals surface area (Å²) in [6.45, 7) is 8.93. The van der Waals surface area contributed by atoms with Crippen molar-refractivity contribution in [2.24, 2.45) is 0 Å². The highest BCUT2D eigenvalue weighted by Gasteiger charge is 2.40. The van der Waals surface area contributed by atoms with E-state index in [9.17, 15) is 13.2 Å². The van der Waals surface area contributed by atoms with Crippen molar-refractivity contribution in [3.63, 3.8) is 0 Å². The molecule has 2 aromatic heterocycles. The fourth-order valence-electron chi connectivity index (χ4n) is 5.00. The van der Waals surface area contributed by atoms with Crippen LogP contribution in [0.3, 0.4) is 0 Å². The maximum atomic E-state index is 13.7. The van der Waals surface area contributed by atoms with E-state index in [1.165, 1.54) is 10.6 Å². The summed E-state index contributed by atoms with van der Waals surface area (Å²) < 4.78 is 39.8. The maximum Gasteiger partial charge on any atom is 0.275 e. The number of hydrogen-bond acceptors (Lipinski definition) is 8. The quantitative estimate of drug-likeness (QED) is 0.438. The largest absolute Gasteiger partial charge is 0.497 e. The molecule has 12 heteroatoms. The van der Waals surface area contributed by atoms with E-state index in [1.54, 1.807) is 38.0 Å². The number of methoxy groups -OCH3 is 1. The van der Waals surface area contributed by atoms with Gasteiger partial charge in [0.1, 0.15) is 12.0 Å². The van der Waals surface area contributed by atoms with Gasteiger partial charge in [-0.3, -0.25) is 14.8 Å². The summed E-state index contributed by atoms with van der Waals surface area (Å²) in [5.41, 5.74) is 3.58. The van der Waals surface area contributed by atoms with Crippen LogP contribution in [0.2, 0.25) is 0 Å². The van der Waals surface area contributed by atoms with E-state index in [0.29, 0.717) is 30.0 Å². The number of ether oxygens (including phenoxy) is 1. The number of hydrogen-bond donors (Lipinski definition) is 1. The Balaban J connectivity index is 1.26. The number of aromatic nitrogens is 3. The van der Waals surface area contributed by atoms with Crippen molar-refractivity contribution in [3.8, 4) is 5.75 Å². The summed E-state index contributed by atoms with van der Waals surface area (Å²) in [6.07, 6.45) is 4.80. The third-order valence-corrected chi connectivity index (χ3v) is 9.45. The topological polar surface area (TPSA) is 125 Å². The number of nitrogens with one attached hydrogen (secondary N) is 1. The monoisotopic (exact) mass is 542 g/mol. The van der Waals surface area contributed by atoms with Gasteiger partial charge >= 0.3 is 0 Å². The third kappa shape index (κ3) is 5.33. The first-order valence-corrected chi connectivity index (χ1v) is 14.2. The van der Waals surface area contributed by atoms with Gasteiger partial charge < -0.3 is 14.1 Å². The molecule has 1 aliphatic heterocycles. The number of carbonyl (C=O) groups excluding carboxylic acids is 1. The molecule has 0 bridgehead atoms. The second-order valence-electron chi connectivity index (χ2n) is 10.1. The molecular formula is C26H34N6O5S. The summed E-state index contributed by atoms with van der Waals surface area (Å²) in [6, 6.07) is 3.34. The normalized spacial score (nSPS) is 16.8. The number of amides is 1. The van der Waals surface area contributed by atoms with Gasteiger partial charge in [-0.05, 0) is 56.9 Å². The molecule has 5 rings (SSSR count). The molecule has 1 saturated carbocycles. The van der Waals surface area contributed by atoms with E-state index < -0.39 is 10.0 Å². The van der Waals surface area contributed by atoms with Crippen LogP contribution in [0.5, 0.6) is 5.75 Å². The first-order valence-electron chi connectivity index (χ1n) is 12.8. The molecule has 0 radical (unpaired) electrons. The molecule has 0 atom stereocenters. The molecule has 1 saturated heterocycles. The Labute approximate surface area is 222 Å². The van der Waals surface area contributed by atoms with Gasteiger partial charge in [0.2, 0.25) is 15.9 Å². The number of H-pyrrole nitrogens is 1. The molecule has 11 nitrogen and oxygen atoms in total. The molecule has 1 amide bonds. The predicted molar refractivity (Wildman–Crippen MR) is 139 cm³/mol. The highest BCUT2D eigenvalue weighted by molar-refractivity contribution is 7.89. The number of oxazole rings is 1. The first-order chi connectivity index (χ1) is 18.2. The minimum absolute atomic E-state index is 0.0248. The number of nitrogens with zero attached hydrogens (tertiary/aromatic N) is 5. The molecule has 0 spiro atoms. The van der Waals surface area contributed by atoms with Crippen LogP contribution in [0, 0.1) is 20.8 Å². The average Bonchev–Trinajstić information content (AvgIpc) is 3.48. The second-order valence-corrected chi connectivity index (χ2v) is 11.9. The number of aromatic amines is 1. The van der Waals surface area contributed by atoms with Crippen molar-refractivity contribution < 1.29 is 22.4 Å². The van der Waals surface area contributed by atoms with Crippen LogP contribution < -0.4 is 4.74 Å². The van der Waals surface area contributed by atoms with E-state index in [-0.39, 0.29) is 35.0 Å². The Morgan fingerprint density at radius 2 is 1.84 bits per heavy atom. The Hall–Kier alpha value is -3.22. The molecule has 1 N–H and O–H groups in total. The average molecular weight is 543 g/mol. The third-order valence-electron chi connectivity index (χ3n) is 7.24. The van der Waals surface area contributed by atoms with Crippen LogP contribution in [0.1, 0.15) is 51.6 Å². The number of carbonyl (C=O) groups is 1. The zero-order valence-electron chi connectivity index (χ0n) is 22.2. The number of piperazine rings is 1. The zero-order chi connectivity index (χ0) is 27.0. The van der Waals surface area contributed by atoms with Gasteiger partial charge in [0, 0.05) is 50.5 Å². The smallest absolute Gasteiger partial charge is 0.275 e. The Morgan fingerprint density at radius 3 is 2.42 bits per heavy atom. The summed E-state index contributed by atoms with van der Waals surface area (Å²) in [5.74, 6) is 0.619. The molecule has 3 heterocycles. The van der Waals surface area contributed by atoms with Crippen molar-refractivity contribution in [3.05, 3.63) is 58.6 Å². The van der Waals surface area contributed by atoms with Crippen molar-refractivity contribution in [1.29, 1.82) is 0 Å². The standard InChI is InChI=1S/C26H34N6O5S/c1-17-11-22(36-4)12-18(2)25(17)38(34,35)32(21-5-6-21)15-24-28-23(16-37-24)26(33)31-9-7-30(8-10-31)14-20-13-27-29-19(20)3/h11-13,16,21H,5-10,14-15H2,1-4H3,(H,27,29). The number of sulfonamides is 1. The number of rotatable bonds is 9. The summed E-state index contributed by atoms with van der Waals surface area (Å²) in [4.78, 5) is 21.8. The lowest BCUT2D eigenvalue weighted by atomic mass is 10.1. The van der Waals surface area contributed by atoms with Crippen molar-refractivity contribution >= 4 is 15.9 Å². The molecule has 38 heavy (non-hydrogen) atoms. The molecular weight excluding hydrogens is 508 g/mol. The van der Waals surface area contributed by atoms with Crippen molar-refractivity contribution in [1.82, 2.24) is 29.3 Å². The fourth-order valence-corrected chi connectivity index (χ4v) is 7.05. The Morgan fingerprint density at radius 1 is 1.16 bits per heavy atom. The molecule has 2 fully saturated rings. The lowest BCUT2D eigenvalue weighted by Gasteiger charge is -2.34. The van der Waals surface area contributed by atoms with Gasteiger partial charge in [-0.25, -0.2) is 13.4 Å². The SMILES string of the molecule is COc1cc(C)c(S(=O)(=O)N(Cc2nc(C(=O)N3CCN(Cc4c[nH]nc4C)CC3)co2)C2CC2)c(C)c1.